The third kappa shape index (κ3) is 4.31. The lowest BCUT2D eigenvalue weighted by Crippen LogP contribution is -2.40. The Kier molecular flexibility index (Phi) is 6.41. The standard InChI is InChI=1S/C26H28N7O2P/c1-4-21(34)32-13-5-6-18(15-32)33-24-22(25(27)29-30-26(24)35)23(31-33)17-7-9-19(10-8-17)36(3)20-14-16(2)11-12-28-20/h4,7-12,14,18H,1,5-6,13,15H2,2-3H3,(H2,27,29)(H,30,35). The summed E-state index contributed by atoms with van der Waals surface area (Å²) in [6, 6.07) is 12.1. The van der Waals surface area contributed by atoms with Gasteiger partial charge >= 0.3 is 0 Å². The lowest BCUT2D eigenvalue weighted by Gasteiger charge is -2.32. The van der Waals surface area contributed by atoms with Gasteiger partial charge in [-0.1, -0.05) is 30.8 Å². The van der Waals surface area contributed by atoms with E-state index in [0.29, 0.717) is 29.7 Å². The number of anilines is 1. The monoisotopic (exact) mass is 501 g/mol. The average molecular weight is 502 g/mol. The number of hydrogen-bond donors (Lipinski definition) is 2. The van der Waals surface area contributed by atoms with E-state index in [4.69, 9.17) is 10.8 Å². The van der Waals surface area contributed by atoms with Crippen LogP contribution in [0.3, 0.4) is 0 Å². The third-order valence-electron chi connectivity index (χ3n) is 6.66. The number of nitrogens with zero attached hydrogens (tertiary/aromatic N) is 5. The smallest absolute Gasteiger partial charge is 0.290 e. The summed E-state index contributed by atoms with van der Waals surface area (Å²) < 4.78 is 1.72. The van der Waals surface area contributed by atoms with Crippen molar-refractivity contribution in [2.45, 2.75) is 25.8 Å². The topological polar surface area (TPSA) is 123 Å². The van der Waals surface area contributed by atoms with Crippen molar-refractivity contribution < 1.29 is 4.79 Å². The van der Waals surface area contributed by atoms with Crippen LogP contribution in [0, 0.1) is 6.92 Å². The quantitative estimate of drug-likeness (QED) is 0.320. The van der Waals surface area contributed by atoms with Crippen LogP contribution < -0.4 is 22.0 Å². The SMILES string of the molecule is C=CC(=O)N1CCCC(n2nc(-c3ccc(P(C)c4cc(C)ccn4)cc3)c3c(N)n[nH]c(=O)c32)C1. The summed E-state index contributed by atoms with van der Waals surface area (Å²) in [5.41, 5.74) is 9.98. The van der Waals surface area contributed by atoms with Gasteiger partial charge in [0.2, 0.25) is 5.91 Å². The van der Waals surface area contributed by atoms with Gasteiger partial charge in [0.15, 0.2) is 5.82 Å². The molecule has 4 heterocycles. The van der Waals surface area contributed by atoms with Crippen molar-refractivity contribution in [3.05, 3.63) is 71.2 Å². The maximum atomic E-state index is 12.9. The van der Waals surface area contributed by atoms with Crippen LogP contribution >= 0.6 is 7.92 Å². The summed E-state index contributed by atoms with van der Waals surface area (Å²) in [4.78, 5) is 31.4. The molecule has 3 aromatic heterocycles. The zero-order chi connectivity index (χ0) is 25.4. The average Bonchev–Trinajstić information content (AvgIpc) is 3.32. The first-order valence-electron chi connectivity index (χ1n) is 11.8. The van der Waals surface area contributed by atoms with Gasteiger partial charge in [0, 0.05) is 24.8 Å². The molecule has 1 amide bonds. The summed E-state index contributed by atoms with van der Waals surface area (Å²) in [7, 11) is -0.607. The molecule has 36 heavy (non-hydrogen) atoms. The predicted molar refractivity (Wildman–Crippen MR) is 144 cm³/mol. The molecule has 1 aromatic carbocycles. The molecule has 1 fully saturated rings. The molecule has 0 saturated carbocycles. The lowest BCUT2D eigenvalue weighted by molar-refractivity contribution is -0.127. The molecule has 2 unspecified atom stereocenters. The molecular formula is C26H28N7O2P. The number of hydrogen-bond acceptors (Lipinski definition) is 6. The minimum absolute atomic E-state index is 0.124. The van der Waals surface area contributed by atoms with Crippen molar-refractivity contribution in [1.29, 1.82) is 0 Å². The highest BCUT2D eigenvalue weighted by atomic mass is 31.1. The Hall–Kier alpha value is -3.84. The summed E-state index contributed by atoms with van der Waals surface area (Å²) in [6.45, 7) is 8.97. The van der Waals surface area contributed by atoms with Crippen LogP contribution in [0.5, 0.6) is 0 Å². The number of fused-ring (bicyclic) bond motifs is 1. The van der Waals surface area contributed by atoms with E-state index in [1.54, 1.807) is 9.58 Å². The van der Waals surface area contributed by atoms with Crippen molar-refractivity contribution in [2.24, 2.45) is 0 Å². The second kappa shape index (κ2) is 9.66. The number of rotatable bonds is 5. The summed E-state index contributed by atoms with van der Waals surface area (Å²) in [5, 5.41) is 13.1. The van der Waals surface area contributed by atoms with Gasteiger partial charge in [-0.05, 0) is 63.4 Å². The summed E-state index contributed by atoms with van der Waals surface area (Å²) in [6.07, 6.45) is 4.77. The molecule has 184 valence electrons. The zero-order valence-electron chi connectivity index (χ0n) is 20.3. The highest BCUT2D eigenvalue weighted by Crippen LogP contribution is 2.34. The first-order valence-corrected chi connectivity index (χ1v) is 13.6. The van der Waals surface area contributed by atoms with Crippen molar-refractivity contribution >= 4 is 41.3 Å². The van der Waals surface area contributed by atoms with E-state index in [1.165, 1.54) is 16.9 Å². The van der Waals surface area contributed by atoms with E-state index in [9.17, 15) is 9.59 Å². The minimum atomic E-state index is -0.607. The zero-order valence-corrected chi connectivity index (χ0v) is 21.2. The maximum absolute atomic E-state index is 12.9. The third-order valence-corrected chi connectivity index (χ3v) is 8.67. The summed E-state index contributed by atoms with van der Waals surface area (Å²) in [5.74, 6) is 0.0905. The number of likely N-dealkylation sites (tertiary alicyclic amines) is 1. The minimum Gasteiger partial charge on any atom is -0.382 e. The van der Waals surface area contributed by atoms with Gasteiger partial charge in [0.1, 0.15) is 11.2 Å². The van der Waals surface area contributed by atoms with Crippen molar-refractivity contribution in [1.82, 2.24) is 29.9 Å². The number of carbonyl (C=O) groups is 1. The first-order chi connectivity index (χ1) is 17.4. The Morgan fingerprint density at radius 2 is 2.06 bits per heavy atom. The number of nitrogens with two attached hydrogens (primary N) is 1. The fraction of sp³-hybridized carbons (Fsp3) is 0.269. The van der Waals surface area contributed by atoms with Crippen LogP contribution in [0.25, 0.3) is 22.2 Å². The normalized spacial score (nSPS) is 16.7. The number of aryl methyl sites for hydroxylation is 1. The highest BCUT2D eigenvalue weighted by molar-refractivity contribution is 7.72. The van der Waals surface area contributed by atoms with Crippen LogP contribution in [0.2, 0.25) is 0 Å². The maximum Gasteiger partial charge on any atom is 0.290 e. The number of aromatic nitrogens is 5. The molecule has 0 radical (unpaired) electrons. The molecule has 0 aliphatic carbocycles. The Balaban J connectivity index is 1.55. The largest absolute Gasteiger partial charge is 0.382 e. The van der Waals surface area contributed by atoms with E-state index in [2.05, 4.69) is 53.5 Å². The Morgan fingerprint density at radius 1 is 1.28 bits per heavy atom. The fourth-order valence-corrected chi connectivity index (χ4v) is 6.24. The molecule has 10 heteroatoms. The van der Waals surface area contributed by atoms with Crippen molar-refractivity contribution in [3.8, 4) is 11.3 Å². The molecule has 3 N–H and O–H groups in total. The fourth-order valence-electron chi connectivity index (χ4n) is 4.74. The lowest BCUT2D eigenvalue weighted by atomic mass is 10.1. The van der Waals surface area contributed by atoms with E-state index < -0.39 is 7.92 Å². The Bertz CT molecular complexity index is 1510. The molecule has 9 nitrogen and oxygen atoms in total. The first kappa shape index (κ1) is 23.9. The summed E-state index contributed by atoms with van der Waals surface area (Å²) >= 11 is 0. The number of amides is 1. The number of aromatic amines is 1. The number of pyridine rings is 1. The molecule has 1 saturated heterocycles. The van der Waals surface area contributed by atoms with Gasteiger partial charge in [-0.2, -0.15) is 10.2 Å². The van der Waals surface area contributed by atoms with Crippen molar-refractivity contribution in [2.75, 3.05) is 25.5 Å². The molecule has 2 atom stereocenters. The van der Waals surface area contributed by atoms with Gasteiger partial charge in [0.25, 0.3) is 5.56 Å². The van der Waals surface area contributed by atoms with Gasteiger partial charge in [-0.3, -0.25) is 19.3 Å². The highest BCUT2D eigenvalue weighted by Gasteiger charge is 2.28. The van der Waals surface area contributed by atoms with E-state index >= 15 is 0 Å². The van der Waals surface area contributed by atoms with E-state index in [1.807, 2.05) is 24.4 Å². The molecule has 4 aromatic rings. The van der Waals surface area contributed by atoms with Crippen molar-refractivity contribution in [3.63, 3.8) is 0 Å². The number of H-pyrrole nitrogens is 1. The van der Waals surface area contributed by atoms with Gasteiger partial charge in [-0.25, -0.2) is 5.10 Å². The Labute approximate surface area is 209 Å². The van der Waals surface area contributed by atoms with Crippen LogP contribution in [-0.2, 0) is 4.79 Å². The molecule has 0 bridgehead atoms. The van der Waals surface area contributed by atoms with E-state index in [0.717, 1.165) is 23.8 Å². The van der Waals surface area contributed by atoms with Crippen LogP contribution in [0.15, 0.2) is 60.0 Å². The molecule has 5 rings (SSSR count). The van der Waals surface area contributed by atoms with Gasteiger partial charge in [0.05, 0.1) is 16.9 Å². The number of nitrogen functional groups attached to an aromatic ring is 1. The van der Waals surface area contributed by atoms with Gasteiger partial charge < -0.3 is 10.6 Å². The predicted octanol–water partition coefficient (Wildman–Crippen LogP) is 2.48. The molecular weight excluding hydrogens is 473 g/mol. The van der Waals surface area contributed by atoms with Gasteiger partial charge in [-0.15, -0.1) is 0 Å². The number of carbonyl (C=O) groups excluding carboxylic acids is 1. The second-order valence-electron chi connectivity index (χ2n) is 9.04. The number of benzene rings is 1. The molecule has 1 aliphatic heterocycles. The second-order valence-corrected chi connectivity index (χ2v) is 11.1. The Morgan fingerprint density at radius 3 is 2.78 bits per heavy atom. The number of piperidine rings is 1. The molecule has 0 spiro atoms. The van der Waals surface area contributed by atoms with E-state index in [-0.39, 0.29) is 23.3 Å². The van der Waals surface area contributed by atoms with Crippen LogP contribution in [0.1, 0.15) is 24.4 Å². The molecule has 1 aliphatic rings. The van der Waals surface area contributed by atoms with Crippen LogP contribution in [-0.4, -0.2) is 55.5 Å². The van der Waals surface area contributed by atoms with Crippen LogP contribution in [0.4, 0.5) is 5.82 Å². The number of nitrogens with one attached hydrogen (secondary N) is 1.